The zero-order valence-electron chi connectivity index (χ0n) is 12.0. The van der Waals surface area contributed by atoms with E-state index in [-0.39, 0.29) is 12.5 Å². The molecule has 1 N–H and O–H groups in total. The van der Waals surface area contributed by atoms with Crippen molar-refractivity contribution in [3.05, 3.63) is 16.1 Å². The normalized spacial score (nSPS) is 12.2. The fourth-order valence-electron chi connectivity index (χ4n) is 1.59. The molecule has 0 radical (unpaired) electrons. The number of aliphatic carboxylic acids is 1. The Morgan fingerprint density at radius 3 is 2.80 bits per heavy atom. The lowest BCUT2D eigenvalue weighted by Crippen LogP contribution is -2.33. The molecule has 5 nitrogen and oxygen atoms in total. The highest BCUT2D eigenvalue weighted by atomic mass is 32.2. The fraction of sp³-hybridized carbons (Fsp3) is 0.615. The molecule has 1 rings (SSSR count). The van der Waals surface area contributed by atoms with Gasteiger partial charge in [-0.1, -0.05) is 6.92 Å². The summed E-state index contributed by atoms with van der Waals surface area (Å²) < 4.78 is 0. The molecule has 0 bridgehead atoms. The molecule has 1 atom stereocenters. The molecule has 0 saturated carbocycles. The first kappa shape index (κ1) is 17.0. The van der Waals surface area contributed by atoms with Crippen LogP contribution >= 0.6 is 23.1 Å². The number of thioether (sulfide) groups is 1. The second-order valence-electron chi connectivity index (χ2n) is 4.67. The Kier molecular flexibility index (Phi) is 7.01. The molecular formula is C13H20N2O3S2. The number of carbonyl (C=O) groups is 2. The van der Waals surface area contributed by atoms with E-state index in [1.54, 1.807) is 37.1 Å². The SMILES string of the molecule is Cc1nc(CSCCC(=O)N(C)CC(C)C(=O)O)cs1. The number of aromatic nitrogens is 1. The van der Waals surface area contributed by atoms with E-state index in [0.717, 1.165) is 22.2 Å². The molecule has 0 aliphatic heterocycles. The van der Waals surface area contributed by atoms with Gasteiger partial charge in [0.2, 0.25) is 5.91 Å². The number of nitrogens with zero attached hydrogens (tertiary/aromatic N) is 2. The molecule has 0 fully saturated rings. The average Bonchev–Trinajstić information content (AvgIpc) is 2.79. The first-order valence-electron chi connectivity index (χ1n) is 6.35. The van der Waals surface area contributed by atoms with Crippen molar-refractivity contribution in [3.8, 4) is 0 Å². The molecule has 7 heteroatoms. The van der Waals surface area contributed by atoms with Crippen LogP contribution in [0.3, 0.4) is 0 Å². The van der Waals surface area contributed by atoms with Gasteiger partial charge in [0, 0.05) is 36.9 Å². The van der Waals surface area contributed by atoms with Gasteiger partial charge in [0.05, 0.1) is 16.6 Å². The molecular weight excluding hydrogens is 296 g/mol. The summed E-state index contributed by atoms with van der Waals surface area (Å²) in [6.45, 7) is 3.83. The monoisotopic (exact) mass is 316 g/mol. The molecule has 1 aromatic rings. The number of carboxylic acid groups (broad SMARTS) is 1. The van der Waals surface area contributed by atoms with Crippen LogP contribution in [0.25, 0.3) is 0 Å². The van der Waals surface area contributed by atoms with Gasteiger partial charge in [-0.3, -0.25) is 9.59 Å². The molecule has 0 aliphatic carbocycles. The summed E-state index contributed by atoms with van der Waals surface area (Å²) >= 11 is 3.30. The zero-order chi connectivity index (χ0) is 15.1. The second-order valence-corrected chi connectivity index (χ2v) is 6.84. The Morgan fingerprint density at radius 1 is 1.55 bits per heavy atom. The van der Waals surface area contributed by atoms with Crippen molar-refractivity contribution in [1.29, 1.82) is 0 Å². The molecule has 0 aromatic carbocycles. The number of carbonyl (C=O) groups excluding carboxylic acids is 1. The number of thiazole rings is 1. The number of carboxylic acids is 1. The van der Waals surface area contributed by atoms with Gasteiger partial charge in [-0.15, -0.1) is 11.3 Å². The maximum absolute atomic E-state index is 11.8. The predicted molar refractivity (Wildman–Crippen MR) is 82.1 cm³/mol. The highest BCUT2D eigenvalue weighted by Crippen LogP contribution is 2.16. The maximum Gasteiger partial charge on any atom is 0.308 e. The third kappa shape index (κ3) is 5.92. The zero-order valence-corrected chi connectivity index (χ0v) is 13.6. The molecule has 0 saturated heterocycles. The minimum Gasteiger partial charge on any atom is -0.481 e. The summed E-state index contributed by atoms with van der Waals surface area (Å²) in [5.41, 5.74) is 1.05. The molecule has 0 spiro atoms. The summed E-state index contributed by atoms with van der Waals surface area (Å²) in [5.74, 6) is 0.112. The fourth-order valence-corrected chi connectivity index (χ4v) is 3.13. The van der Waals surface area contributed by atoms with Crippen molar-refractivity contribution in [2.75, 3.05) is 19.3 Å². The van der Waals surface area contributed by atoms with Gasteiger partial charge in [-0.25, -0.2) is 4.98 Å². The van der Waals surface area contributed by atoms with Crippen LogP contribution in [0.1, 0.15) is 24.0 Å². The van der Waals surface area contributed by atoms with E-state index in [1.165, 1.54) is 4.90 Å². The van der Waals surface area contributed by atoms with Crippen LogP contribution in [-0.4, -0.2) is 46.2 Å². The lowest BCUT2D eigenvalue weighted by atomic mass is 10.2. The molecule has 112 valence electrons. The summed E-state index contributed by atoms with van der Waals surface area (Å²) in [7, 11) is 1.65. The number of amides is 1. The number of hydrogen-bond donors (Lipinski definition) is 1. The van der Waals surface area contributed by atoms with Crippen LogP contribution in [0.4, 0.5) is 0 Å². The van der Waals surface area contributed by atoms with Crippen molar-refractivity contribution in [3.63, 3.8) is 0 Å². The molecule has 1 amide bonds. The van der Waals surface area contributed by atoms with Gasteiger partial charge in [0.25, 0.3) is 0 Å². The van der Waals surface area contributed by atoms with Crippen molar-refractivity contribution >= 4 is 35.0 Å². The van der Waals surface area contributed by atoms with E-state index in [4.69, 9.17) is 5.11 Å². The number of aryl methyl sites for hydroxylation is 1. The molecule has 1 aromatic heterocycles. The third-order valence-electron chi connectivity index (χ3n) is 2.77. The van der Waals surface area contributed by atoms with Crippen LogP contribution in [0, 0.1) is 12.8 Å². The van der Waals surface area contributed by atoms with Gasteiger partial charge in [-0.2, -0.15) is 11.8 Å². The largest absolute Gasteiger partial charge is 0.481 e. The Bertz CT molecular complexity index is 462. The van der Waals surface area contributed by atoms with Gasteiger partial charge in [0.15, 0.2) is 0 Å². The average molecular weight is 316 g/mol. The second kappa shape index (κ2) is 8.26. The molecule has 20 heavy (non-hydrogen) atoms. The Hall–Kier alpha value is -1.08. The van der Waals surface area contributed by atoms with Crippen molar-refractivity contribution < 1.29 is 14.7 Å². The van der Waals surface area contributed by atoms with Crippen molar-refractivity contribution in [2.45, 2.75) is 26.0 Å². The van der Waals surface area contributed by atoms with Crippen LogP contribution < -0.4 is 0 Å². The smallest absolute Gasteiger partial charge is 0.308 e. The topological polar surface area (TPSA) is 70.5 Å². The van der Waals surface area contributed by atoms with E-state index in [1.807, 2.05) is 12.3 Å². The third-order valence-corrected chi connectivity index (χ3v) is 4.59. The first-order valence-corrected chi connectivity index (χ1v) is 8.39. The summed E-state index contributed by atoms with van der Waals surface area (Å²) in [6.07, 6.45) is 0.427. The minimum atomic E-state index is -0.877. The number of rotatable bonds is 8. The van der Waals surface area contributed by atoms with E-state index in [9.17, 15) is 9.59 Å². The summed E-state index contributed by atoms with van der Waals surface area (Å²) in [6, 6.07) is 0. The standard InChI is InChI=1S/C13H20N2O3S2/c1-9(13(17)18)6-15(3)12(16)4-5-19-7-11-8-20-10(2)14-11/h8-9H,4-7H2,1-3H3,(H,17,18). The Balaban J connectivity index is 2.20. The van der Waals surface area contributed by atoms with Crippen LogP contribution in [-0.2, 0) is 15.3 Å². The Labute approximate surface area is 127 Å². The maximum atomic E-state index is 11.8. The lowest BCUT2D eigenvalue weighted by Gasteiger charge is -2.19. The minimum absolute atomic E-state index is 0.0138. The van der Waals surface area contributed by atoms with Crippen molar-refractivity contribution in [1.82, 2.24) is 9.88 Å². The highest BCUT2D eigenvalue weighted by molar-refractivity contribution is 7.98. The van der Waals surface area contributed by atoms with E-state index in [0.29, 0.717) is 6.42 Å². The predicted octanol–water partition coefficient (Wildman–Crippen LogP) is 2.25. The lowest BCUT2D eigenvalue weighted by molar-refractivity contribution is -0.142. The summed E-state index contributed by atoms with van der Waals surface area (Å²) in [4.78, 5) is 28.4. The molecule has 1 unspecified atom stereocenters. The van der Waals surface area contributed by atoms with E-state index < -0.39 is 11.9 Å². The quantitative estimate of drug-likeness (QED) is 0.745. The first-order chi connectivity index (χ1) is 9.40. The van der Waals surface area contributed by atoms with E-state index in [2.05, 4.69) is 4.98 Å². The van der Waals surface area contributed by atoms with Crippen LogP contribution in [0.5, 0.6) is 0 Å². The highest BCUT2D eigenvalue weighted by Gasteiger charge is 2.16. The van der Waals surface area contributed by atoms with Crippen LogP contribution in [0.2, 0.25) is 0 Å². The summed E-state index contributed by atoms with van der Waals surface area (Å²) in [5, 5.41) is 11.9. The van der Waals surface area contributed by atoms with Crippen LogP contribution in [0.15, 0.2) is 5.38 Å². The number of hydrogen-bond acceptors (Lipinski definition) is 5. The van der Waals surface area contributed by atoms with Crippen molar-refractivity contribution in [2.24, 2.45) is 5.92 Å². The van der Waals surface area contributed by atoms with Gasteiger partial charge < -0.3 is 10.0 Å². The van der Waals surface area contributed by atoms with Gasteiger partial charge >= 0.3 is 5.97 Å². The Morgan fingerprint density at radius 2 is 2.25 bits per heavy atom. The molecule has 0 aliphatic rings. The van der Waals surface area contributed by atoms with Gasteiger partial charge in [-0.05, 0) is 6.92 Å². The molecule has 1 heterocycles. The van der Waals surface area contributed by atoms with Gasteiger partial charge in [0.1, 0.15) is 0 Å². The van der Waals surface area contributed by atoms with E-state index >= 15 is 0 Å².